The maximum absolute atomic E-state index is 3.52. The molecule has 1 aromatic carbocycles. The molecule has 1 atom stereocenters. The molecule has 1 saturated heterocycles. The Morgan fingerprint density at radius 2 is 1.82 bits per heavy atom. The third kappa shape index (κ3) is 2.82. The Kier molecular flexibility index (Phi) is 4.47. The van der Waals surface area contributed by atoms with E-state index in [-0.39, 0.29) is 0 Å². The summed E-state index contributed by atoms with van der Waals surface area (Å²) in [6.45, 7) is 4.69. The summed E-state index contributed by atoms with van der Waals surface area (Å²) in [5.41, 5.74) is 1.61. The maximum atomic E-state index is 3.52. The molecule has 2 aliphatic rings. The van der Waals surface area contributed by atoms with E-state index < -0.39 is 0 Å². The number of nitrogens with zero attached hydrogens (tertiary/aromatic N) is 1. The van der Waals surface area contributed by atoms with Crippen LogP contribution in [0, 0.1) is 5.92 Å². The number of benzene rings is 1. The molecule has 0 spiro atoms. The van der Waals surface area contributed by atoms with Gasteiger partial charge in [0, 0.05) is 36.9 Å². The number of hydrogen-bond acceptors (Lipinski definition) is 3. The van der Waals surface area contributed by atoms with Crippen molar-refractivity contribution in [2.45, 2.75) is 38.1 Å². The summed E-state index contributed by atoms with van der Waals surface area (Å²) in [6, 6.07) is 9.62. The summed E-state index contributed by atoms with van der Waals surface area (Å²) in [5, 5.41) is 7.47. The highest BCUT2D eigenvalue weighted by molar-refractivity contribution is 7.17. The second-order valence-corrected chi connectivity index (χ2v) is 7.73. The van der Waals surface area contributed by atoms with Crippen LogP contribution in [-0.2, 0) is 0 Å². The van der Waals surface area contributed by atoms with Gasteiger partial charge in [-0.05, 0) is 41.2 Å². The summed E-state index contributed by atoms with van der Waals surface area (Å²) in [7, 11) is 0. The molecule has 1 aromatic heterocycles. The third-order valence-corrected chi connectivity index (χ3v) is 6.45. The Morgan fingerprint density at radius 3 is 2.64 bits per heavy atom. The molecular formula is C19H26N2S. The van der Waals surface area contributed by atoms with E-state index in [9.17, 15) is 0 Å². The lowest BCUT2D eigenvalue weighted by Gasteiger charge is -2.41. The van der Waals surface area contributed by atoms with Crippen LogP contribution in [0.4, 0.5) is 0 Å². The van der Waals surface area contributed by atoms with Gasteiger partial charge >= 0.3 is 0 Å². The predicted octanol–water partition coefficient (Wildman–Crippen LogP) is 4.43. The van der Waals surface area contributed by atoms with Gasteiger partial charge in [-0.3, -0.25) is 4.90 Å². The van der Waals surface area contributed by atoms with Gasteiger partial charge in [-0.25, -0.2) is 0 Å². The topological polar surface area (TPSA) is 15.3 Å². The molecule has 22 heavy (non-hydrogen) atoms. The number of hydrogen-bond donors (Lipinski definition) is 1. The molecule has 1 N–H and O–H groups in total. The summed E-state index contributed by atoms with van der Waals surface area (Å²) in [4.78, 5) is 2.76. The van der Waals surface area contributed by atoms with Gasteiger partial charge in [-0.15, -0.1) is 11.3 Å². The van der Waals surface area contributed by atoms with E-state index in [0.29, 0.717) is 6.04 Å². The summed E-state index contributed by atoms with van der Waals surface area (Å²) in [5.74, 6) is 0.852. The second kappa shape index (κ2) is 6.69. The highest BCUT2D eigenvalue weighted by Gasteiger charge is 2.32. The van der Waals surface area contributed by atoms with Crippen molar-refractivity contribution in [2.24, 2.45) is 5.92 Å². The highest BCUT2D eigenvalue weighted by atomic mass is 32.1. The molecule has 1 saturated carbocycles. The molecule has 2 nitrogen and oxygen atoms in total. The van der Waals surface area contributed by atoms with Crippen LogP contribution in [0.5, 0.6) is 0 Å². The van der Waals surface area contributed by atoms with Crippen molar-refractivity contribution in [3.05, 3.63) is 35.2 Å². The first kappa shape index (κ1) is 14.7. The molecular weight excluding hydrogens is 288 g/mol. The predicted molar refractivity (Wildman–Crippen MR) is 95.6 cm³/mol. The van der Waals surface area contributed by atoms with Crippen LogP contribution in [0.25, 0.3) is 10.1 Å². The fourth-order valence-corrected chi connectivity index (χ4v) is 5.38. The Balaban J connectivity index is 1.71. The fraction of sp³-hybridized carbons (Fsp3) is 0.579. The monoisotopic (exact) mass is 314 g/mol. The zero-order valence-corrected chi connectivity index (χ0v) is 14.1. The average molecular weight is 314 g/mol. The van der Waals surface area contributed by atoms with Crippen LogP contribution in [0.15, 0.2) is 29.6 Å². The van der Waals surface area contributed by atoms with Crippen molar-refractivity contribution >= 4 is 21.4 Å². The number of nitrogens with one attached hydrogen (secondary N) is 1. The van der Waals surface area contributed by atoms with Gasteiger partial charge in [0.15, 0.2) is 0 Å². The quantitative estimate of drug-likeness (QED) is 0.901. The highest BCUT2D eigenvalue weighted by Crippen LogP contribution is 2.42. The first-order valence-corrected chi connectivity index (χ1v) is 9.72. The average Bonchev–Trinajstić information content (AvgIpc) is 3.01. The SMILES string of the molecule is c1ccc2c([C@H](C3CCCCC3)N3CCNCC3)csc2c1. The van der Waals surface area contributed by atoms with Crippen LogP contribution in [0.1, 0.15) is 43.7 Å². The van der Waals surface area contributed by atoms with E-state index in [0.717, 1.165) is 19.0 Å². The largest absolute Gasteiger partial charge is 0.314 e. The van der Waals surface area contributed by atoms with E-state index in [1.54, 1.807) is 5.56 Å². The fourth-order valence-electron chi connectivity index (χ4n) is 4.39. The third-order valence-electron chi connectivity index (χ3n) is 5.47. The number of piperazine rings is 1. The van der Waals surface area contributed by atoms with Gasteiger partial charge in [0.2, 0.25) is 0 Å². The Hall–Kier alpha value is -0.900. The van der Waals surface area contributed by atoms with Gasteiger partial charge in [-0.2, -0.15) is 0 Å². The second-order valence-electron chi connectivity index (χ2n) is 6.82. The molecule has 1 aliphatic carbocycles. The minimum atomic E-state index is 0.638. The molecule has 0 radical (unpaired) electrons. The maximum Gasteiger partial charge on any atom is 0.0391 e. The molecule has 1 aliphatic heterocycles. The summed E-state index contributed by atoms with van der Waals surface area (Å²) < 4.78 is 1.45. The first-order valence-electron chi connectivity index (χ1n) is 8.84. The van der Waals surface area contributed by atoms with Gasteiger partial charge in [0.25, 0.3) is 0 Å². The number of rotatable bonds is 3. The van der Waals surface area contributed by atoms with Crippen molar-refractivity contribution < 1.29 is 0 Å². The lowest BCUT2D eigenvalue weighted by Crippen LogP contribution is -2.47. The van der Waals surface area contributed by atoms with E-state index in [2.05, 4.69) is 39.9 Å². The summed E-state index contributed by atoms with van der Waals surface area (Å²) in [6.07, 6.45) is 7.12. The normalized spacial score (nSPS) is 22.9. The van der Waals surface area contributed by atoms with E-state index in [1.807, 2.05) is 11.3 Å². The Labute approximate surface area is 137 Å². The first-order chi connectivity index (χ1) is 10.9. The van der Waals surface area contributed by atoms with Crippen LogP contribution >= 0.6 is 11.3 Å². The van der Waals surface area contributed by atoms with Crippen LogP contribution < -0.4 is 5.32 Å². The van der Waals surface area contributed by atoms with E-state index in [1.165, 1.54) is 55.3 Å². The minimum absolute atomic E-state index is 0.638. The lowest BCUT2D eigenvalue weighted by atomic mass is 9.80. The van der Waals surface area contributed by atoms with Gasteiger partial charge in [0.05, 0.1) is 0 Å². The Bertz CT molecular complexity index is 591. The number of thiophene rings is 1. The van der Waals surface area contributed by atoms with Gasteiger partial charge in [0.1, 0.15) is 0 Å². The molecule has 4 rings (SSSR count). The molecule has 2 fully saturated rings. The van der Waals surface area contributed by atoms with Crippen molar-refractivity contribution in [3.63, 3.8) is 0 Å². The van der Waals surface area contributed by atoms with Crippen LogP contribution in [-0.4, -0.2) is 31.1 Å². The van der Waals surface area contributed by atoms with Crippen molar-refractivity contribution in [1.82, 2.24) is 10.2 Å². The smallest absolute Gasteiger partial charge is 0.0391 e. The Morgan fingerprint density at radius 1 is 1.05 bits per heavy atom. The van der Waals surface area contributed by atoms with Gasteiger partial charge in [-0.1, -0.05) is 37.5 Å². The van der Waals surface area contributed by atoms with Crippen LogP contribution in [0.2, 0.25) is 0 Å². The molecule has 2 heterocycles. The standard InChI is InChI=1S/C19H26N2S/c1-2-6-15(7-3-1)19(21-12-10-20-11-13-21)17-14-22-18-9-5-4-8-16(17)18/h4-5,8-9,14-15,19-20H,1-3,6-7,10-13H2/t19-/m0/s1. The lowest BCUT2D eigenvalue weighted by molar-refractivity contribution is 0.104. The molecule has 0 unspecified atom stereocenters. The molecule has 0 amide bonds. The summed E-state index contributed by atoms with van der Waals surface area (Å²) >= 11 is 1.93. The zero-order valence-electron chi connectivity index (χ0n) is 13.3. The molecule has 3 heteroatoms. The number of fused-ring (bicyclic) bond motifs is 1. The van der Waals surface area contributed by atoms with Crippen molar-refractivity contribution in [3.8, 4) is 0 Å². The molecule has 0 bridgehead atoms. The van der Waals surface area contributed by atoms with Crippen molar-refractivity contribution in [2.75, 3.05) is 26.2 Å². The van der Waals surface area contributed by atoms with E-state index in [4.69, 9.17) is 0 Å². The molecule has 118 valence electrons. The minimum Gasteiger partial charge on any atom is -0.314 e. The zero-order chi connectivity index (χ0) is 14.8. The van der Waals surface area contributed by atoms with E-state index >= 15 is 0 Å². The van der Waals surface area contributed by atoms with Crippen molar-refractivity contribution in [1.29, 1.82) is 0 Å². The van der Waals surface area contributed by atoms with Gasteiger partial charge < -0.3 is 5.32 Å². The van der Waals surface area contributed by atoms with Crippen LogP contribution in [0.3, 0.4) is 0 Å². The molecule has 2 aromatic rings.